The van der Waals surface area contributed by atoms with E-state index in [9.17, 15) is 14.7 Å². The summed E-state index contributed by atoms with van der Waals surface area (Å²) in [4.78, 5) is 23.1. The average molecular weight is 277 g/mol. The fraction of sp³-hybridized carbons (Fsp3) is 0.467. The van der Waals surface area contributed by atoms with Crippen molar-refractivity contribution < 1.29 is 19.4 Å². The number of hydrogen-bond acceptors (Lipinski definition) is 3. The molecule has 1 amide bonds. The minimum Gasteiger partial charge on any atom is -0.481 e. The molecular formula is C15H19NO4. The first kappa shape index (κ1) is 14.4. The largest absolute Gasteiger partial charge is 0.481 e. The van der Waals surface area contributed by atoms with Gasteiger partial charge in [0.2, 0.25) is 0 Å². The predicted octanol–water partition coefficient (Wildman–Crippen LogP) is 2.56. The fourth-order valence-electron chi connectivity index (χ4n) is 2.56. The Balaban J connectivity index is 1.87. The van der Waals surface area contributed by atoms with Crippen LogP contribution in [-0.4, -0.2) is 23.2 Å². The summed E-state index contributed by atoms with van der Waals surface area (Å²) in [7, 11) is 0. The molecule has 2 rings (SSSR count). The van der Waals surface area contributed by atoms with Gasteiger partial charge in [-0.15, -0.1) is 0 Å². The molecule has 5 heteroatoms. The summed E-state index contributed by atoms with van der Waals surface area (Å²) in [5.74, 6) is -0.872. The number of rotatable bonds is 4. The summed E-state index contributed by atoms with van der Waals surface area (Å²) in [6.45, 7) is 1.85. The van der Waals surface area contributed by atoms with Gasteiger partial charge in [0, 0.05) is 6.04 Å². The Kier molecular flexibility index (Phi) is 4.27. The van der Waals surface area contributed by atoms with Crippen molar-refractivity contribution in [3.8, 4) is 0 Å². The lowest BCUT2D eigenvalue weighted by molar-refractivity contribution is -0.148. The Morgan fingerprint density at radius 1 is 1.40 bits per heavy atom. The van der Waals surface area contributed by atoms with E-state index < -0.39 is 17.5 Å². The van der Waals surface area contributed by atoms with E-state index in [-0.39, 0.29) is 12.6 Å². The minimum absolute atomic E-state index is 0.184. The molecule has 1 fully saturated rings. The van der Waals surface area contributed by atoms with Gasteiger partial charge in [-0.3, -0.25) is 4.79 Å². The number of benzene rings is 1. The standard InChI is InChI=1S/C15H19NO4/c1-15(13(17)18)9-5-8-12(15)16-14(19)20-10-11-6-3-2-4-7-11/h2-4,6-7,12H,5,8-10H2,1H3,(H,16,19)(H,17,18). The Bertz CT molecular complexity index is 488. The number of aliphatic carboxylic acids is 1. The van der Waals surface area contributed by atoms with E-state index in [1.807, 2.05) is 30.3 Å². The molecule has 20 heavy (non-hydrogen) atoms. The van der Waals surface area contributed by atoms with E-state index in [1.165, 1.54) is 0 Å². The Hall–Kier alpha value is -2.04. The summed E-state index contributed by atoms with van der Waals surface area (Å²) in [5, 5.41) is 12.0. The fourth-order valence-corrected chi connectivity index (χ4v) is 2.56. The highest BCUT2D eigenvalue weighted by molar-refractivity contribution is 5.77. The van der Waals surface area contributed by atoms with Gasteiger partial charge in [0.15, 0.2) is 0 Å². The normalized spacial score (nSPS) is 25.1. The number of alkyl carbamates (subject to hydrolysis) is 1. The van der Waals surface area contributed by atoms with Gasteiger partial charge >= 0.3 is 12.1 Å². The van der Waals surface area contributed by atoms with Crippen molar-refractivity contribution in [2.24, 2.45) is 5.41 Å². The van der Waals surface area contributed by atoms with Crippen molar-refractivity contribution in [2.75, 3.05) is 0 Å². The number of ether oxygens (including phenoxy) is 1. The zero-order valence-corrected chi connectivity index (χ0v) is 11.5. The first-order valence-electron chi connectivity index (χ1n) is 6.73. The van der Waals surface area contributed by atoms with Crippen molar-refractivity contribution in [1.82, 2.24) is 5.32 Å². The Labute approximate surface area is 117 Å². The third-order valence-corrected chi connectivity index (χ3v) is 3.95. The minimum atomic E-state index is -0.897. The van der Waals surface area contributed by atoms with E-state index in [0.717, 1.165) is 12.0 Å². The molecule has 2 N–H and O–H groups in total. The molecule has 1 aromatic rings. The van der Waals surface area contributed by atoms with Gasteiger partial charge < -0.3 is 15.2 Å². The maximum atomic E-state index is 11.8. The van der Waals surface area contributed by atoms with Gasteiger partial charge in [-0.2, -0.15) is 0 Å². The highest BCUT2D eigenvalue weighted by Crippen LogP contribution is 2.38. The third-order valence-electron chi connectivity index (χ3n) is 3.95. The molecule has 1 saturated carbocycles. The maximum Gasteiger partial charge on any atom is 0.407 e. The van der Waals surface area contributed by atoms with Gasteiger partial charge in [0.1, 0.15) is 6.61 Å². The zero-order valence-electron chi connectivity index (χ0n) is 11.5. The second kappa shape index (κ2) is 5.94. The molecule has 2 atom stereocenters. The van der Waals surface area contributed by atoms with Crippen LogP contribution in [0.15, 0.2) is 30.3 Å². The van der Waals surface area contributed by atoms with E-state index >= 15 is 0 Å². The molecule has 1 aliphatic carbocycles. The Morgan fingerprint density at radius 3 is 2.75 bits per heavy atom. The zero-order chi connectivity index (χ0) is 14.6. The van der Waals surface area contributed by atoms with Gasteiger partial charge in [0.05, 0.1) is 5.41 Å². The van der Waals surface area contributed by atoms with Crippen LogP contribution in [0.5, 0.6) is 0 Å². The lowest BCUT2D eigenvalue weighted by Crippen LogP contribution is -2.47. The Morgan fingerprint density at radius 2 is 2.10 bits per heavy atom. The first-order valence-corrected chi connectivity index (χ1v) is 6.73. The molecule has 5 nitrogen and oxygen atoms in total. The van der Waals surface area contributed by atoms with Crippen molar-refractivity contribution in [1.29, 1.82) is 0 Å². The van der Waals surface area contributed by atoms with E-state index in [0.29, 0.717) is 12.8 Å². The quantitative estimate of drug-likeness (QED) is 0.886. The molecule has 0 aliphatic heterocycles. The number of carbonyl (C=O) groups excluding carboxylic acids is 1. The smallest absolute Gasteiger partial charge is 0.407 e. The number of carbonyl (C=O) groups is 2. The number of carboxylic acids is 1. The summed E-state index contributed by atoms with van der Waals surface area (Å²) >= 11 is 0. The molecule has 1 aromatic carbocycles. The summed E-state index contributed by atoms with van der Waals surface area (Å²) in [6, 6.07) is 8.99. The van der Waals surface area contributed by atoms with Crippen LogP contribution in [0, 0.1) is 5.41 Å². The van der Waals surface area contributed by atoms with Gasteiger partial charge in [-0.25, -0.2) is 4.79 Å². The van der Waals surface area contributed by atoms with Crippen LogP contribution in [0.25, 0.3) is 0 Å². The monoisotopic (exact) mass is 277 g/mol. The molecular weight excluding hydrogens is 258 g/mol. The van der Waals surface area contributed by atoms with Crippen molar-refractivity contribution in [3.05, 3.63) is 35.9 Å². The number of amides is 1. The topological polar surface area (TPSA) is 75.6 Å². The maximum absolute atomic E-state index is 11.8. The van der Waals surface area contributed by atoms with Crippen molar-refractivity contribution in [3.63, 3.8) is 0 Å². The van der Waals surface area contributed by atoms with Crippen LogP contribution < -0.4 is 5.32 Å². The highest BCUT2D eigenvalue weighted by atomic mass is 16.5. The van der Waals surface area contributed by atoms with E-state index in [4.69, 9.17) is 4.74 Å². The van der Waals surface area contributed by atoms with Crippen LogP contribution in [-0.2, 0) is 16.1 Å². The number of nitrogens with one attached hydrogen (secondary N) is 1. The molecule has 2 unspecified atom stereocenters. The summed E-state index contributed by atoms with van der Waals surface area (Å²) < 4.78 is 5.12. The number of hydrogen-bond donors (Lipinski definition) is 2. The van der Waals surface area contributed by atoms with Gasteiger partial charge in [-0.05, 0) is 25.3 Å². The molecule has 0 heterocycles. The lowest BCUT2D eigenvalue weighted by atomic mass is 9.85. The van der Waals surface area contributed by atoms with Crippen LogP contribution in [0.1, 0.15) is 31.7 Å². The number of carboxylic acid groups (broad SMARTS) is 1. The predicted molar refractivity (Wildman–Crippen MR) is 73.1 cm³/mol. The third kappa shape index (κ3) is 3.10. The summed E-state index contributed by atoms with van der Waals surface area (Å²) in [6.07, 6.45) is 1.48. The molecule has 0 bridgehead atoms. The second-order valence-electron chi connectivity index (χ2n) is 5.37. The van der Waals surface area contributed by atoms with Crippen LogP contribution in [0.4, 0.5) is 4.79 Å². The highest BCUT2D eigenvalue weighted by Gasteiger charge is 2.46. The summed E-state index contributed by atoms with van der Waals surface area (Å²) in [5.41, 5.74) is 0.00115. The van der Waals surface area contributed by atoms with Crippen LogP contribution >= 0.6 is 0 Å². The van der Waals surface area contributed by atoms with Gasteiger partial charge in [-0.1, -0.05) is 36.8 Å². The van der Waals surface area contributed by atoms with E-state index in [2.05, 4.69) is 5.32 Å². The molecule has 108 valence electrons. The van der Waals surface area contributed by atoms with Crippen molar-refractivity contribution >= 4 is 12.1 Å². The molecule has 1 aliphatic rings. The van der Waals surface area contributed by atoms with E-state index in [1.54, 1.807) is 6.92 Å². The first-order chi connectivity index (χ1) is 9.52. The average Bonchev–Trinajstić information content (AvgIpc) is 2.80. The van der Waals surface area contributed by atoms with Gasteiger partial charge in [0.25, 0.3) is 0 Å². The van der Waals surface area contributed by atoms with Crippen LogP contribution in [0.3, 0.4) is 0 Å². The van der Waals surface area contributed by atoms with Crippen molar-refractivity contribution in [2.45, 2.75) is 38.8 Å². The molecule has 0 spiro atoms. The molecule has 0 radical (unpaired) electrons. The second-order valence-corrected chi connectivity index (χ2v) is 5.37. The SMILES string of the molecule is CC1(C(=O)O)CCCC1NC(=O)OCc1ccccc1. The van der Waals surface area contributed by atoms with Crippen LogP contribution in [0.2, 0.25) is 0 Å². The molecule has 0 aromatic heterocycles. The lowest BCUT2D eigenvalue weighted by Gasteiger charge is -2.27. The molecule has 0 saturated heterocycles.